The Hall–Kier alpha value is -1.29. The monoisotopic (exact) mass is 207 g/mol. The molecule has 14 heavy (non-hydrogen) atoms. The summed E-state index contributed by atoms with van der Waals surface area (Å²) in [4.78, 5) is 4.41. The van der Waals surface area contributed by atoms with Gasteiger partial charge in [-0.25, -0.2) is 4.98 Å². The molecule has 0 amide bonds. The summed E-state index contributed by atoms with van der Waals surface area (Å²) in [5.74, 6) is 0. The van der Waals surface area contributed by atoms with Crippen LogP contribution in [0.25, 0.3) is 10.2 Å². The molecule has 0 saturated carbocycles. The number of anilines is 2. The van der Waals surface area contributed by atoms with Crippen LogP contribution in [0.15, 0.2) is 12.1 Å². The highest BCUT2D eigenvalue weighted by Gasteiger charge is 2.07. The molecular formula is C10H13N3S. The van der Waals surface area contributed by atoms with E-state index in [-0.39, 0.29) is 0 Å². The number of hydrogen-bond acceptors (Lipinski definition) is 4. The lowest BCUT2D eigenvalue weighted by molar-refractivity contribution is 1.22. The Bertz CT molecular complexity index is 462. The van der Waals surface area contributed by atoms with Crippen LogP contribution in [0.3, 0.4) is 0 Å². The zero-order valence-corrected chi connectivity index (χ0v) is 9.11. The fourth-order valence-electron chi connectivity index (χ4n) is 1.46. The third-order valence-electron chi connectivity index (χ3n) is 2.05. The standard InChI is InChI=1S/C10H13N3S/c1-3-12-8-5-4-7(11)9-10(8)14-6(2)13-9/h4-5,12H,3,11H2,1-2H3. The number of rotatable bonds is 2. The molecule has 3 nitrogen and oxygen atoms in total. The molecule has 0 atom stereocenters. The molecule has 2 rings (SSSR count). The van der Waals surface area contributed by atoms with E-state index in [1.165, 1.54) is 0 Å². The molecule has 0 radical (unpaired) electrons. The van der Waals surface area contributed by atoms with Crippen LogP contribution < -0.4 is 11.1 Å². The maximum absolute atomic E-state index is 5.85. The van der Waals surface area contributed by atoms with Crippen LogP contribution in [0.2, 0.25) is 0 Å². The summed E-state index contributed by atoms with van der Waals surface area (Å²) in [6.45, 7) is 4.99. The number of nitrogens with zero attached hydrogens (tertiary/aromatic N) is 1. The third kappa shape index (κ3) is 1.42. The summed E-state index contributed by atoms with van der Waals surface area (Å²) in [6.07, 6.45) is 0. The van der Waals surface area contributed by atoms with Crippen LogP contribution >= 0.6 is 11.3 Å². The molecule has 3 N–H and O–H groups in total. The molecule has 0 aliphatic rings. The second-order valence-electron chi connectivity index (χ2n) is 3.14. The van der Waals surface area contributed by atoms with Crippen molar-refractivity contribution in [3.63, 3.8) is 0 Å². The summed E-state index contributed by atoms with van der Waals surface area (Å²) < 4.78 is 1.16. The second kappa shape index (κ2) is 3.46. The minimum atomic E-state index is 0.756. The molecule has 4 heteroatoms. The molecule has 2 aromatic rings. The highest BCUT2D eigenvalue weighted by molar-refractivity contribution is 7.19. The van der Waals surface area contributed by atoms with Crippen molar-refractivity contribution in [2.24, 2.45) is 0 Å². The molecule has 1 aromatic heterocycles. The summed E-state index contributed by atoms with van der Waals surface area (Å²) in [6, 6.07) is 3.91. The molecular weight excluding hydrogens is 194 g/mol. The molecule has 0 saturated heterocycles. The predicted molar refractivity (Wildman–Crippen MR) is 62.9 cm³/mol. The first kappa shape index (κ1) is 9.27. The van der Waals surface area contributed by atoms with Gasteiger partial charge in [-0.15, -0.1) is 11.3 Å². The van der Waals surface area contributed by atoms with Gasteiger partial charge in [-0.1, -0.05) is 0 Å². The van der Waals surface area contributed by atoms with Crippen LogP contribution in [0.1, 0.15) is 11.9 Å². The van der Waals surface area contributed by atoms with Gasteiger partial charge in [0.1, 0.15) is 5.52 Å². The van der Waals surface area contributed by atoms with Crippen molar-refractivity contribution in [3.05, 3.63) is 17.1 Å². The van der Waals surface area contributed by atoms with Crippen molar-refractivity contribution in [3.8, 4) is 0 Å². The molecule has 0 aliphatic carbocycles. The molecule has 0 bridgehead atoms. The highest BCUT2D eigenvalue weighted by atomic mass is 32.1. The Labute approximate surface area is 87.0 Å². The molecule has 0 fully saturated rings. The van der Waals surface area contributed by atoms with Crippen molar-refractivity contribution in [2.45, 2.75) is 13.8 Å². The van der Waals surface area contributed by atoms with Gasteiger partial charge in [0.25, 0.3) is 0 Å². The average Bonchev–Trinajstić information content (AvgIpc) is 2.53. The van der Waals surface area contributed by atoms with Gasteiger partial charge in [-0.2, -0.15) is 0 Å². The number of nitrogen functional groups attached to an aromatic ring is 1. The van der Waals surface area contributed by atoms with Crippen LogP contribution in [0.4, 0.5) is 11.4 Å². The van der Waals surface area contributed by atoms with E-state index in [9.17, 15) is 0 Å². The van der Waals surface area contributed by atoms with Crippen molar-refractivity contribution < 1.29 is 0 Å². The zero-order valence-electron chi connectivity index (χ0n) is 8.29. The quantitative estimate of drug-likeness (QED) is 0.744. The Morgan fingerprint density at radius 3 is 3.00 bits per heavy atom. The van der Waals surface area contributed by atoms with Gasteiger partial charge < -0.3 is 11.1 Å². The van der Waals surface area contributed by atoms with Crippen LogP contribution in [-0.2, 0) is 0 Å². The lowest BCUT2D eigenvalue weighted by atomic mass is 10.2. The smallest absolute Gasteiger partial charge is 0.106 e. The fraction of sp³-hybridized carbons (Fsp3) is 0.300. The second-order valence-corrected chi connectivity index (χ2v) is 4.35. The SMILES string of the molecule is CCNc1ccc(N)c2nc(C)sc12. The van der Waals surface area contributed by atoms with Crippen LogP contribution in [0, 0.1) is 6.92 Å². The summed E-state index contributed by atoms with van der Waals surface area (Å²) in [5.41, 5.74) is 8.66. The minimum absolute atomic E-state index is 0.756. The van der Waals surface area contributed by atoms with E-state index in [2.05, 4.69) is 17.2 Å². The number of aromatic nitrogens is 1. The number of thiazole rings is 1. The molecule has 1 heterocycles. The predicted octanol–water partition coefficient (Wildman–Crippen LogP) is 2.62. The Morgan fingerprint density at radius 1 is 1.50 bits per heavy atom. The summed E-state index contributed by atoms with van der Waals surface area (Å²) in [5, 5.41) is 4.36. The first-order chi connectivity index (χ1) is 6.72. The third-order valence-corrected chi connectivity index (χ3v) is 3.05. The first-order valence-corrected chi connectivity index (χ1v) is 5.43. The number of aryl methyl sites for hydroxylation is 1. The van der Waals surface area contributed by atoms with Gasteiger partial charge >= 0.3 is 0 Å². The maximum atomic E-state index is 5.85. The number of hydrogen-bond donors (Lipinski definition) is 2. The van der Waals surface area contributed by atoms with Crippen molar-refractivity contribution in [2.75, 3.05) is 17.6 Å². The largest absolute Gasteiger partial charge is 0.397 e. The van der Waals surface area contributed by atoms with Crippen molar-refractivity contribution in [1.29, 1.82) is 0 Å². The Morgan fingerprint density at radius 2 is 2.29 bits per heavy atom. The average molecular weight is 207 g/mol. The van der Waals surface area contributed by atoms with E-state index >= 15 is 0 Å². The van der Waals surface area contributed by atoms with Gasteiger partial charge in [0.05, 0.1) is 21.1 Å². The zero-order chi connectivity index (χ0) is 10.1. The molecule has 74 valence electrons. The number of nitrogens with one attached hydrogen (secondary N) is 1. The van der Waals surface area contributed by atoms with E-state index in [0.29, 0.717) is 0 Å². The Kier molecular flexibility index (Phi) is 2.29. The van der Waals surface area contributed by atoms with Crippen molar-refractivity contribution >= 4 is 32.9 Å². The molecule has 0 aliphatic heterocycles. The van der Waals surface area contributed by atoms with Gasteiger partial charge in [0.15, 0.2) is 0 Å². The van der Waals surface area contributed by atoms with Gasteiger partial charge in [0.2, 0.25) is 0 Å². The van der Waals surface area contributed by atoms with Gasteiger partial charge in [0, 0.05) is 6.54 Å². The van der Waals surface area contributed by atoms with Crippen LogP contribution in [0.5, 0.6) is 0 Å². The summed E-state index contributed by atoms with van der Waals surface area (Å²) >= 11 is 1.68. The van der Waals surface area contributed by atoms with Crippen molar-refractivity contribution in [1.82, 2.24) is 4.98 Å². The van der Waals surface area contributed by atoms with E-state index < -0.39 is 0 Å². The van der Waals surface area contributed by atoms with E-state index in [1.807, 2.05) is 19.1 Å². The van der Waals surface area contributed by atoms with E-state index in [0.717, 1.165) is 33.1 Å². The normalized spacial score (nSPS) is 10.7. The number of fused-ring (bicyclic) bond motifs is 1. The van der Waals surface area contributed by atoms with Gasteiger partial charge in [-0.05, 0) is 26.0 Å². The number of nitrogens with two attached hydrogens (primary N) is 1. The topological polar surface area (TPSA) is 50.9 Å². The minimum Gasteiger partial charge on any atom is -0.397 e. The lowest BCUT2D eigenvalue weighted by Crippen LogP contribution is -1.97. The first-order valence-electron chi connectivity index (χ1n) is 4.62. The molecule has 0 unspecified atom stereocenters. The van der Waals surface area contributed by atoms with Gasteiger partial charge in [-0.3, -0.25) is 0 Å². The van der Waals surface area contributed by atoms with Crippen LogP contribution in [-0.4, -0.2) is 11.5 Å². The fourth-order valence-corrected chi connectivity index (χ4v) is 2.41. The molecule has 1 aromatic carbocycles. The maximum Gasteiger partial charge on any atom is 0.106 e. The van der Waals surface area contributed by atoms with E-state index in [4.69, 9.17) is 5.73 Å². The van der Waals surface area contributed by atoms with E-state index in [1.54, 1.807) is 11.3 Å². The Balaban J connectivity index is 2.68. The number of benzene rings is 1. The molecule has 0 spiro atoms. The highest BCUT2D eigenvalue weighted by Crippen LogP contribution is 2.32. The summed E-state index contributed by atoms with van der Waals surface area (Å²) in [7, 11) is 0. The lowest BCUT2D eigenvalue weighted by Gasteiger charge is -2.04.